The zero-order valence-corrected chi connectivity index (χ0v) is 14.2. The maximum Gasteiger partial charge on any atom is 0.330 e. The first-order chi connectivity index (χ1) is 10.5. The fourth-order valence-corrected chi connectivity index (χ4v) is 3.13. The molecule has 0 atom stereocenters. The molecule has 0 aliphatic carbocycles. The molecule has 2 rings (SSSR count). The lowest BCUT2D eigenvalue weighted by Gasteiger charge is -2.09. The third kappa shape index (κ3) is 4.29. The third-order valence-electron chi connectivity index (χ3n) is 3.27. The number of rotatable bonds is 5. The molecule has 0 radical (unpaired) electrons. The minimum Gasteiger partial charge on any atom is -0.466 e. The number of nitrogens with zero attached hydrogens (tertiary/aromatic N) is 1. The fraction of sp³-hybridized carbons (Fsp3) is 0.278. The quantitative estimate of drug-likeness (QED) is 0.616. The van der Waals surface area contributed by atoms with Gasteiger partial charge < -0.3 is 9.64 Å². The molecular weight excluding hydrogens is 294 g/mol. The van der Waals surface area contributed by atoms with Crippen LogP contribution in [0.25, 0.3) is 16.0 Å². The van der Waals surface area contributed by atoms with E-state index in [0.717, 1.165) is 17.0 Å². The van der Waals surface area contributed by atoms with Gasteiger partial charge in [-0.15, -0.1) is 11.3 Å². The summed E-state index contributed by atoms with van der Waals surface area (Å²) in [5.41, 5.74) is 3.42. The van der Waals surface area contributed by atoms with Crippen LogP contribution >= 0.6 is 11.3 Å². The minimum atomic E-state index is -0.319. The van der Waals surface area contributed by atoms with Crippen LogP contribution in [0, 0.1) is 0 Å². The Bertz CT molecular complexity index is 669. The van der Waals surface area contributed by atoms with Gasteiger partial charge in [-0.25, -0.2) is 4.79 Å². The molecule has 4 heteroatoms. The van der Waals surface area contributed by atoms with E-state index in [9.17, 15) is 4.79 Å². The zero-order valence-electron chi connectivity index (χ0n) is 13.4. The third-order valence-corrected chi connectivity index (χ3v) is 4.54. The Morgan fingerprint density at radius 2 is 1.86 bits per heavy atom. The first-order valence-electron chi connectivity index (χ1n) is 7.10. The van der Waals surface area contributed by atoms with Gasteiger partial charge in [-0.05, 0) is 49.9 Å². The summed E-state index contributed by atoms with van der Waals surface area (Å²) in [6.45, 7) is 2.86. The number of ether oxygens (including phenoxy) is 1. The minimum absolute atomic E-state index is 0.319. The standard InChI is InChI=1S/C18H21NO2S/c1-13(11-18(20)21-4)16-9-10-17(22-16)15-7-5-14(6-8-15)12-19(2)3/h5-11H,12H2,1-4H3/b13-11+. The van der Waals surface area contributed by atoms with E-state index < -0.39 is 0 Å². The SMILES string of the molecule is COC(=O)/C=C(\C)c1ccc(-c2ccc(CN(C)C)cc2)s1. The Morgan fingerprint density at radius 3 is 2.45 bits per heavy atom. The molecule has 0 bridgehead atoms. The van der Waals surface area contributed by atoms with E-state index in [1.807, 2.05) is 13.0 Å². The molecule has 3 nitrogen and oxygen atoms in total. The fourth-order valence-electron chi connectivity index (χ4n) is 2.15. The van der Waals surface area contributed by atoms with Crippen LogP contribution in [0.2, 0.25) is 0 Å². The van der Waals surface area contributed by atoms with E-state index in [2.05, 4.69) is 54.1 Å². The number of methoxy groups -OCH3 is 1. The van der Waals surface area contributed by atoms with E-state index in [-0.39, 0.29) is 5.97 Å². The number of carbonyl (C=O) groups excluding carboxylic acids is 1. The topological polar surface area (TPSA) is 29.5 Å². The van der Waals surface area contributed by atoms with Crippen LogP contribution in [0.3, 0.4) is 0 Å². The average molecular weight is 315 g/mol. The molecule has 2 aromatic rings. The molecule has 0 spiro atoms. The van der Waals surface area contributed by atoms with E-state index in [4.69, 9.17) is 0 Å². The Kier molecular flexibility index (Phi) is 5.52. The second-order valence-corrected chi connectivity index (χ2v) is 6.53. The molecule has 1 aromatic carbocycles. The summed E-state index contributed by atoms with van der Waals surface area (Å²) in [5.74, 6) is -0.319. The van der Waals surface area contributed by atoms with Crippen molar-refractivity contribution in [3.8, 4) is 10.4 Å². The van der Waals surface area contributed by atoms with Crippen LogP contribution in [0.1, 0.15) is 17.4 Å². The predicted molar refractivity (Wildman–Crippen MR) is 92.8 cm³/mol. The molecule has 0 amide bonds. The number of benzene rings is 1. The molecule has 1 heterocycles. The molecule has 0 fully saturated rings. The lowest BCUT2D eigenvalue weighted by Crippen LogP contribution is -2.10. The molecule has 0 aliphatic rings. The number of allylic oxidation sites excluding steroid dienone is 1. The molecular formula is C18H21NO2S. The summed E-state index contributed by atoms with van der Waals surface area (Å²) in [7, 11) is 5.52. The molecule has 1 aromatic heterocycles. The Morgan fingerprint density at radius 1 is 1.18 bits per heavy atom. The second kappa shape index (κ2) is 7.38. The highest BCUT2D eigenvalue weighted by atomic mass is 32.1. The maximum atomic E-state index is 11.3. The van der Waals surface area contributed by atoms with Gasteiger partial charge >= 0.3 is 5.97 Å². The Hall–Kier alpha value is -1.91. The highest BCUT2D eigenvalue weighted by Crippen LogP contribution is 2.32. The van der Waals surface area contributed by atoms with Crippen molar-refractivity contribution in [3.63, 3.8) is 0 Å². The van der Waals surface area contributed by atoms with E-state index in [1.165, 1.54) is 29.2 Å². The van der Waals surface area contributed by atoms with Crippen molar-refractivity contribution in [2.45, 2.75) is 13.5 Å². The normalized spacial score (nSPS) is 11.8. The highest BCUT2D eigenvalue weighted by molar-refractivity contribution is 7.16. The molecule has 22 heavy (non-hydrogen) atoms. The van der Waals surface area contributed by atoms with Crippen LogP contribution in [0.4, 0.5) is 0 Å². The maximum absolute atomic E-state index is 11.3. The molecule has 0 saturated heterocycles. The number of hydrogen-bond acceptors (Lipinski definition) is 4. The summed E-state index contributed by atoms with van der Waals surface area (Å²) in [6, 6.07) is 12.7. The highest BCUT2D eigenvalue weighted by Gasteiger charge is 2.06. The summed E-state index contributed by atoms with van der Waals surface area (Å²) in [5, 5.41) is 0. The molecule has 0 N–H and O–H groups in total. The lowest BCUT2D eigenvalue weighted by molar-refractivity contribution is -0.134. The summed E-state index contributed by atoms with van der Waals surface area (Å²) < 4.78 is 4.66. The van der Waals surface area contributed by atoms with Crippen molar-refractivity contribution in [3.05, 3.63) is 52.9 Å². The molecule has 0 saturated carbocycles. The van der Waals surface area contributed by atoms with Gasteiger partial charge in [0.2, 0.25) is 0 Å². The first-order valence-corrected chi connectivity index (χ1v) is 7.91. The summed E-state index contributed by atoms with van der Waals surface area (Å²) in [6.07, 6.45) is 1.52. The molecule has 116 valence electrons. The van der Waals surface area contributed by atoms with Crippen molar-refractivity contribution in [1.29, 1.82) is 0 Å². The van der Waals surface area contributed by atoms with Gasteiger partial charge in [0.15, 0.2) is 0 Å². The van der Waals surface area contributed by atoms with Gasteiger partial charge in [0.1, 0.15) is 0 Å². The van der Waals surface area contributed by atoms with Crippen LogP contribution < -0.4 is 0 Å². The lowest BCUT2D eigenvalue weighted by atomic mass is 10.1. The summed E-state index contributed by atoms with van der Waals surface area (Å²) >= 11 is 1.68. The summed E-state index contributed by atoms with van der Waals surface area (Å²) in [4.78, 5) is 15.7. The van der Waals surface area contributed by atoms with Gasteiger partial charge in [0, 0.05) is 22.4 Å². The second-order valence-electron chi connectivity index (χ2n) is 5.45. The largest absolute Gasteiger partial charge is 0.466 e. The van der Waals surface area contributed by atoms with Gasteiger partial charge in [-0.3, -0.25) is 0 Å². The average Bonchev–Trinajstić information content (AvgIpc) is 2.97. The van der Waals surface area contributed by atoms with Crippen molar-refractivity contribution in [2.75, 3.05) is 21.2 Å². The van der Waals surface area contributed by atoms with E-state index in [1.54, 1.807) is 11.3 Å². The van der Waals surface area contributed by atoms with Crippen LogP contribution in [-0.4, -0.2) is 32.1 Å². The number of hydrogen-bond donors (Lipinski definition) is 0. The van der Waals surface area contributed by atoms with Gasteiger partial charge in [0.25, 0.3) is 0 Å². The van der Waals surface area contributed by atoms with Crippen LogP contribution in [-0.2, 0) is 16.1 Å². The number of thiophene rings is 1. The monoisotopic (exact) mass is 315 g/mol. The van der Waals surface area contributed by atoms with E-state index in [0.29, 0.717) is 0 Å². The van der Waals surface area contributed by atoms with Gasteiger partial charge in [0.05, 0.1) is 7.11 Å². The number of carbonyl (C=O) groups is 1. The van der Waals surface area contributed by atoms with Crippen LogP contribution in [0.15, 0.2) is 42.5 Å². The van der Waals surface area contributed by atoms with Crippen molar-refractivity contribution >= 4 is 22.9 Å². The zero-order chi connectivity index (χ0) is 16.1. The molecule has 0 aliphatic heterocycles. The van der Waals surface area contributed by atoms with Gasteiger partial charge in [-0.1, -0.05) is 24.3 Å². The van der Waals surface area contributed by atoms with Crippen molar-refractivity contribution < 1.29 is 9.53 Å². The Labute approximate surface area is 135 Å². The van der Waals surface area contributed by atoms with E-state index >= 15 is 0 Å². The van der Waals surface area contributed by atoms with Crippen molar-refractivity contribution in [1.82, 2.24) is 4.90 Å². The number of esters is 1. The molecule has 0 unspecified atom stereocenters. The first kappa shape index (κ1) is 16.5. The predicted octanol–water partition coefficient (Wildman–Crippen LogP) is 4.05. The van der Waals surface area contributed by atoms with Crippen molar-refractivity contribution in [2.24, 2.45) is 0 Å². The smallest absolute Gasteiger partial charge is 0.330 e. The van der Waals surface area contributed by atoms with Gasteiger partial charge in [-0.2, -0.15) is 0 Å². The van der Waals surface area contributed by atoms with Crippen LogP contribution in [0.5, 0.6) is 0 Å². The Balaban J connectivity index is 2.17.